The van der Waals surface area contributed by atoms with Gasteiger partial charge in [-0.05, 0) is 63.3 Å². The van der Waals surface area contributed by atoms with Crippen molar-refractivity contribution >= 4 is 45.9 Å². The number of anilines is 1. The normalized spacial score (nSPS) is 14.4. The average molecular weight is 457 g/mol. The second kappa shape index (κ2) is 8.79. The third kappa shape index (κ3) is 4.08. The first-order valence-electron chi connectivity index (χ1n) is 11.4. The van der Waals surface area contributed by atoms with Gasteiger partial charge in [-0.2, -0.15) is 0 Å². The monoisotopic (exact) mass is 456 g/mol. The second-order valence-electron chi connectivity index (χ2n) is 9.03. The summed E-state index contributed by atoms with van der Waals surface area (Å²) in [6.45, 7) is 4.24. The molecule has 2 aromatic heterocycles. The Hall–Kier alpha value is -3.91. The van der Waals surface area contributed by atoms with Crippen LogP contribution in [0.15, 0.2) is 54.1 Å². The Balaban J connectivity index is 1.51. The van der Waals surface area contributed by atoms with Gasteiger partial charge < -0.3 is 14.8 Å². The van der Waals surface area contributed by atoms with Gasteiger partial charge in [0.05, 0.1) is 11.0 Å². The molecule has 0 unspecified atom stereocenters. The van der Waals surface area contributed by atoms with Gasteiger partial charge in [-0.15, -0.1) is 0 Å². The molecule has 0 spiro atoms. The zero-order valence-electron chi connectivity index (χ0n) is 19.6. The first-order chi connectivity index (χ1) is 16.4. The van der Waals surface area contributed by atoms with Crippen molar-refractivity contribution in [1.29, 1.82) is 0 Å². The molecule has 0 radical (unpaired) electrons. The predicted octanol–water partition coefficient (Wildman–Crippen LogP) is 3.80. The molecule has 0 aliphatic carbocycles. The maximum atomic E-state index is 13.3. The van der Waals surface area contributed by atoms with Gasteiger partial charge in [0.2, 0.25) is 5.95 Å². The molecule has 1 aliphatic heterocycles. The number of carbonyl (C=O) groups excluding carboxylic acids is 2. The van der Waals surface area contributed by atoms with Crippen LogP contribution in [0.2, 0.25) is 0 Å². The zero-order valence-corrected chi connectivity index (χ0v) is 19.6. The molecule has 3 heterocycles. The van der Waals surface area contributed by atoms with Crippen molar-refractivity contribution in [3.8, 4) is 0 Å². The van der Waals surface area contributed by atoms with Crippen molar-refractivity contribution < 1.29 is 9.59 Å². The summed E-state index contributed by atoms with van der Waals surface area (Å²) in [5.74, 6) is 0.150. The fourth-order valence-corrected chi connectivity index (χ4v) is 4.55. The van der Waals surface area contributed by atoms with E-state index in [9.17, 15) is 9.59 Å². The molecule has 0 atom stereocenters. The summed E-state index contributed by atoms with van der Waals surface area (Å²) in [6, 6.07) is 15.2. The fourth-order valence-electron chi connectivity index (χ4n) is 4.55. The lowest BCUT2D eigenvalue weighted by Gasteiger charge is -2.12. The van der Waals surface area contributed by atoms with Crippen LogP contribution in [-0.2, 0) is 6.54 Å². The van der Waals surface area contributed by atoms with Crippen LogP contribution < -0.4 is 10.6 Å². The van der Waals surface area contributed by atoms with Crippen LogP contribution in [-0.4, -0.2) is 58.0 Å². The van der Waals surface area contributed by atoms with Crippen LogP contribution >= 0.6 is 0 Å². The first kappa shape index (κ1) is 21.9. The smallest absolute Gasteiger partial charge is 0.267 e. The van der Waals surface area contributed by atoms with E-state index < -0.39 is 0 Å². The molecule has 8 heteroatoms. The minimum Gasteiger partial charge on any atom is -0.351 e. The van der Waals surface area contributed by atoms with E-state index in [1.54, 1.807) is 6.07 Å². The molecule has 0 bridgehead atoms. The molecule has 8 nitrogen and oxygen atoms in total. The predicted molar refractivity (Wildman–Crippen MR) is 135 cm³/mol. The standard InChI is InChI=1S/C26H28N6O2/c1-17(15-30(2)3)16-32-21-8-5-4-7-20(21)28-26(32)29-24(33)19-10-9-18-13-23-25(34)27-11-6-12-31(23)22(18)14-19/h4-5,7-10,13-14,16H,6,11-12,15H2,1-3H3,(H,27,34)(H,28,29,33)/b17-16+. The number of amides is 2. The number of aryl methyl sites for hydroxylation is 1. The summed E-state index contributed by atoms with van der Waals surface area (Å²) in [6.07, 6.45) is 2.86. The number of nitrogens with zero attached hydrogens (tertiary/aromatic N) is 4. The number of hydrogen-bond acceptors (Lipinski definition) is 4. The van der Waals surface area contributed by atoms with Gasteiger partial charge >= 0.3 is 0 Å². The molecule has 5 rings (SSSR count). The average Bonchev–Trinajstić information content (AvgIpc) is 3.27. The summed E-state index contributed by atoms with van der Waals surface area (Å²) in [7, 11) is 4.04. The number of para-hydroxylation sites is 2. The number of fused-ring (bicyclic) bond motifs is 4. The van der Waals surface area contributed by atoms with Gasteiger partial charge in [0.1, 0.15) is 5.69 Å². The Kier molecular flexibility index (Phi) is 5.67. The van der Waals surface area contributed by atoms with E-state index >= 15 is 0 Å². The van der Waals surface area contributed by atoms with Crippen LogP contribution in [0.25, 0.3) is 28.1 Å². The third-order valence-corrected chi connectivity index (χ3v) is 5.98. The number of hydrogen-bond donors (Lipinski definition) is 2. The molecular formula is C26H28N6O2. The van der Waals surface area contributed by atoms with Gasteiger partial charge in [-0.25, -0.2) is 4.98 Å². The number of likely N-dealkylation sites (N-methyl/N-ethyl adjacent to an activating group) is 1. The highest BCUT2D eigenvalue weighted by molar-refractivity contribution is 6.07. The number of benzene rings is 2. The van der Waals surface area contributed by atoms with E-state index in [1.165, 1.54) is 0 Å². The van der Waals surface area contributed by atoms with E-state index in [2.05, 4.69) is 27.4 Å². The van der Waals surface area contributed by atoms with E-state index in [0.717, 1.165) is 47.0 Å². The number of aromatic nitrogens is 3. The Labute approximate surface area is 197 Å². The number of nitrogens with one attached hydrogen (secondary N) is 2. The second-order valence-corrected chi connectivity index (χ2v) is 9.03. The van der Waals surface area contributed by atoms with E-state index in [4.69, 9.17) is 0 Å². The van der Waals surface area contributed by atoms with Crippen LogP contribution in [0.4, 0.5) is 5.95 Å². The third-order valence-electron chi connectivity index (χ3n) is 5.98. The Bertz CT molecular complexity index is 1440. The van der Waals surface area contributed by atoms with Crippen molar-refractivity contribution in [2.24, 2.45) is 0 Å². The largest absolute Gasteiger partial charge is 0.351 e. The molecule has 2 N–H and O–H groups in total. The Morgan fingerprint density at radius 3 is 2.82 bits per heavy atom. The number of rotatable bonds is 5. The van der Waals surface area contributed by atoms with E-state index in [1.807, 2.05) is 71.9 Å². The highest BCUT2D eigenvalue weighted by atomic mass is 16.2. The molecular weight excluding hydrogens is 428 g/mol. The maximum absolute atomic E-state index is 13.3. The van der Waals surface area contributed by atoms with Crippen LogP contribution in [0.1, 0.15) is 34.2 Å². The van der Waals surface area contributed by atoms with Gasteiger partial charge in [0.15, 0.2) is 0 Å². The summed E-state index contributed by atoms with van der Waals surface area (Å²) in [4.78, 5) is 32.4. The summed E-state index contributed by atoms with van der Waals surface area (Å²) < 4.78 is 3.93. The molecule has 2 aromatic carbocycles. The minimum absolute atomic E-state index is 0.0756. The van der Waals surface area contributed by atoms with Crippen molar-refractivity contribution in [1.82, 2.24) is 24.3 Å². The Morgan fingerprint density at radius 1 is 1.18 bits per heavy atom. The van der Waals surface area contributed by atoms with E-state index in [0.29, 0.717) is 23.8 Å². The lowest BCUT2D eigenvalue weighted by molar-refractivity contribution is 0.0950. The number of carbonyl (C=O) groups is 2. The van der Waals surface area contributed by atoms with Gasteiger partial charge in [-0.1, -0.05) is 18.2 Å². The highest BCUT2D eigenvalue weighted by Crippen LogP contribution is 2.25. The van der Waals surface area contributed by atoms with Crippen LogP contribution in [0.5, 0.6) is 0 Å². The fraction of sp³-hybridized carbons (Fsp3) is 0.269. The van der Waals surface area contributed by atoms with Crippen LogP contribution in [0.3, 0.4) is 0 Å². The van der Waals surface area contributed by atoms with Crippen molar-refractivity contribution in [3.63, 3.8) is 0 Å². The van der Waals surface area contributed by atoms with Gasteiger partial charge in [-0.3, -0.25) is 19.5 Å². The van der Waals surface area contributed by atoms with Crippen molar-refractivity contribution in [3.05, 3.63) is 65.4 Å². The lowest BCUT2D eigenvalue weighted by Crippen LogP contribution is -2.22. The zero-order chi connectivity index (χ0) is 23.8. The topological polar surface area (TPSA) is 84.2 Å². The molecule has 174 valence electrons. The number of imidazole rings is 1. The summed E-state index contributed by atoms with van der Waals surface area (Å²) in [5, 5.41) is 6.86. The van der Waals surface area contributed by atoms with E-state index in [-0.39, 0.29) is 11.8 Å². The minimum atomic E-state index is -0.245. The molecule has 4 aromatic rings. The maximum Gasteiger partial charge on any atom is 0.267 e. The molecule has 0 saturated heterocycles. The Morgan fingerprint density at radius 2 is 2.00 bits per heavy atom. The first-order valence-corrected chi connectivity index (χ1v) is 11.4. The summed E-state index contributed by atoms with van der Waals surface area (Å²) in [5.41, 5.74) is 4.91. The van der Waals surface area contributed by atoms with Gasteiger partial charge in [0.25, 0.3) is 11.8 Å². The van der Waals surface area contributed by atoms with Crippen molar-refractivity contribution in [2.45, 2.75) is 19.9 Å². The van der Waals surface area contributed by atoms with Crippen molar-refractivity contribution in [2.75, 3.05) is 32.5 Å². The van der Waals surface area contributed by atoms with Gasteiger partial charge in [0, 0.05) is 42.3 Å². The molecule has 34 heavy (non-hydrogen) atoms. The quantitative estimate of drug-likeness (QED) is 0.479. The SMILES string of the molecule is C/C(=C\n1c(NC(=O)c2ccc3cc4n(c3c2)CCCNC4=O)nc2ccccc21)CN(C)C. The summed E-state index contributed by atoms with van der Waals surface area (Å²) >= 11 is 0. The molecule has 0 fully saturated rings. The molecule has 1 aliphatic rings. The molecule has 2 amide bonds. The highest BCUT2D eigenvalue weighted by Gasteiger charge is 2.20. The van der Waals surface area contributed by atoms with Crippen LogP contribution in [0, 0.1) is 0 Å². The molecule has 0 saturated carbocycles. The lowest BCUT2D eigenvalue weighted by atomic mass is 10.1.